The number of nitrogens with zero attached hydrogens (tertiary/aromatic N) is 2. The highest BCUT2D eigenvalue weighted by atomic mass is 79.9. The van der Waals surface area contributed by atoms with E-state index in [1.807, 2.05) is 13.8 Å². The Bertz CT molecular complexity index is 324. The van der Waals surface area contributed by atoms with Gasteiger partial charge in [0.1, 0.15) is 10.4 Å². The van der Waals surface area contributed by atoms with Crippen molar-refractivity contribution in [3.63, 3.8) is 0 Å². The Kier molecular flexibility index (Phi) is 2.89. The Morgan fingerprint density at radius 1 is 1.46 bits per heavy atom. The van der Waals surface area contributed by atoms with Gasteiger partial charge in [-0.3, -0.25) is 0 Å². The molecule has 4 heteroatoms. The van der Waals surface area contributed by atoms with Crippen molar-refractivity contribution >= 4 is 21.7 Å². The second-order valence-corrected chi connectivity index (χ2v) is 3.93. The minimum Gasteiger partial charge on any atom is -0.353 e. The van der Waals surface area contributed by atoms with Crippen LogP contribution in [0, 0.1) is 12.3 Å². The van der Waals surface area contributed by atoms with Gasteiger partial charge in [-0.15, -0.1) is 6.42 Å². The SMILES string of the molecule is C#CC(C)(C)Nc1cnc(Br)cn1. The first kappa shape index (κ1) is 10.0. The van der Waals surface area contributed by atoms with Gasteiger partial charge in [-0.1, -0.05) is 5.92 Å². The maximum Gasteiger partial charge on any atom is 0.145 e. The second kappa shape index (κ2) is 3.75. The Hall–Kier alpha value is -1.08. The normalized spacial score (nSPS) is 10.6. The van der Waals surface area contributed by atoms with Gasteiger partial charge in [0.2, 0.25) is 0 Å². The van der Waals surface area contributed by atoms with E-state index >= 15 is 0 Å². The Morgan fingerprint density at radius 2 is 2.15 bits per heavy atom. The van der Waals surface area contributed by atoms with Gasteiger partial charge in [0.25, 0.3) is 0 Å². The summed E-state index contributed by atoms with van der Waals surface area (Å²) in [4.78, 5) is 8.12. The zero-order valence-electron chi connectivity index (χ0n) is 7.50. The van der Waals surface area contributed by atoms with Crippen molar-refractivity contribution in [2.24, 2.45) is 0 Å². The maximum absolute atomic E-state index is 5.31. The quantitative estimate of drug-likeness (QED) is 0.804. The monoisotopic (exact) mass is 239 g/mol. The molecule has 0 aliphatic rings. The molecule has 68 valence electrons. The molecule has 0 atom stereocenters. The minimum absolute atomic E-state index is 0.400. The molecule has 1 aromatic heterocycles. The van der Waals surface area contributed by atoms with Crippen LogP contribution in [-0.4, -0.2) is 15.5 Å². The average Bonchev–Trinajstić information content (AvgIpc) is 2.09. The van der Waals surface area contributed by atoms with E-state index in [1.54, 1.807) is 12.4 Å². The van der Waals surface area contributed by atoms with Crippen LogP contribution in [0.3, 0.4) is 0 Å². The van der Waals surface area contributed by atoms with Gasteiger partial charge in [-0.25, -0.2) is 9.97 Å². The summed E-state index contributed by atoms with van der Waals surface area (Å²) in [5.74, 6) is 3.29. The Labute approximate surface area is 86.1 Å². The number of anilines is 1. The second-order valence-electron chi connectivity index (χ2n) is 3.12. The van der Waals surface area contributed by atoms with Crippen LogP contribution in [0.15, 0.2) is 17.0 Å². The first-order valence-corrected chi connectivity index (χ1v) is 4.56. The average molecular weight is 240 g/mol. The smallest absolute Gasteiger partial charge is 0.145 e. The van der Waals surface area contributed by atoms with E-state index in [0.717, 1.165) is 0 Å². The van der Waals surface area contributed by atoms with E-state index in [-0.39, 0.29) is 0 Å². The van der Waals surface area contributed by atoms with Crippen molar-refractivity contribution in [2.45, 2.75) is 19.4 Å². The van der Waals surface area contributed by atoms with Crippen molar-refractivity contribution in [2.75, 3.05) is 5.32 Å². The van der Waals surface area contributed by atoms with Crippen LogP contribution in [0.5, 0.6) is 0 Å². The summed E-state index contributed by atoms with van der Waals surface area (Å²) in [6.45, 7) is 3.80. The van der Waals surface area contributed by atoms with Gasteiger partial charge in [0.05, 0.1) is 17.9 Å². The van der Waals surface area contributed by atoms with Crippen molar-refractivity contribution < 1.29 is 0 Å². The highest BCUT2D eigenvalue weighted by Crippen LogP contribution is 2.11. The lowest BCUT2D eigenvalue weighted by Crippen LogP contribution is -2.28. The molecule has 0 bridgehead atoms. The van der Waals surface area contributed by atoms with Crippen molar-refractivity contribution in [3.8, 4) is 12.3 Å². The van der Waals surface area contributed by atoms with Gasteiger partial charge >= 0.3 is 0 Å². The van der Waals surface area contributed by atoms with Crippen LogP contribution in [0.2, 0.25) is 0 Å². The number of hydrogen-bond donors (Lipinski definition) is 1. The largest absolute Gasteiger partial charge is 0.353 e. The van der Waals surface area contributed by atoms with Gasteiger partial charge in [0, 0.05) is 0 Å². The molecule has 0 amide bonds. The van der Waals surface area contributed by atoms with Crippen LogP contribution < -0.4 is 5.32 Å². The predicted octanol–water partition coefficient (Wildman–Crippen LogP) is 2.06. The summed E-state index contributed by atoms with van der Waals surface area (Å²) in [7, 11) is 0. The third kappa shape index (κ3) is 3.03. The molecular formula is C9H10BrN3. The summed E-state index contributed by atoms with van der Waals surface area (Å²) < 4.78 is 0.705. The molecule has 0 aliphatic heterocycles. The van der Waals surface area contributed by atoms with E-state index in [1.165, 1.54) is 0 Å². The molecule has 1 aromatic rings. The topological polar surface area (TPSA) is 37.8 Å². The molecule has 3 nitrogen and oxygen atoms in total. The van der Waals surface area contributed by atoms with Crippen LogP contribution in [-0.2, 0) is 0 Å². The zero-order valence-corrected chi connectivity index (χ0v) is 9.09. The number of rotatable bonds is 2. The third-order valence-electron chi connectivity index (χ3n) is 1.42. The van der Waals surface area contributed by atoms with Gasteiger partial charge in [0.15, 0.2) is 0 Å². The fraction of sp³-hybridized carbons (Fsp3) is 0.333. The van der Waals surface area contributed by atoms with Gasteiger partial charge in [-0.2, -0.15) is 0 Å². The summed E-state index contributed by atoms with van der Waals surface area (Å²) in [6.07, 6.45) is 8.56. The highest BCUT2D eigenvalue weighted by Gasteiger charge is 2.13. The van der Waals surface area contributed by atoms with Crippen molar-refractivity contribution in [1.29, 1.82) is 0 Å². The molecular weight excluding hydrogens is 230 g/mol. The number of nitrogens with one attached hydrogen (secondary N) is 1. The number of hydrogen-bond acceptors (Lipinski definition) is 3. The predicted molar refractivity (Wildman–Crippen MR) is 56.3 cm³/mol. The first-order chi connectivity index (χ1) is 6.03. The van der Waals surface area contributed by atoms with E-state index in [0.29, 0.717) is 10.4 Å². The summed E-state index contributed by atoms with van der Waals surface area (Å²) in [6, 6.07) is 0. The maximum atomic E-state index is 5.31. The van der Waals surface area contributed by atoms with E-state index in [4.69, 9.17) is 6.42 Å². The standard InChI is InChI=1S/C9H10BrN3/c1-4-9(2,3)13-8-6-11-7(10)5-12-8/h1,5-6H,2-3H3,(H,12,13). The van der Waals surface area contributed by atoms with Crippen molar-refractivity contribution in [3.05, 3.63) is 17.0 Å². The lowest BCUT2D eigenvalue weighted by molar-refractivity contribution is 0.734. The molecule has 0 saturated heterocycles. The Balaban J connectivity index is 2.77. The van der Waals surface area contributed by atoms with E-state index in [2.05, 4.69) is 37.1 Å². The molecule has 1 N–H and O–H groups in total. The molecule has 0 aliphatic carbocycles. The molecule has 0 aromatic carbocycles. The molecule has 1 heterocycles. The number of terminal acetylenes is 1. The van der Waals surface area contributed by atoms with Crippen LogP contribution in [0.4, 0.5) is 5.82 Å². The van der Waals surface area contributed by atoms with E-state index in [9.17, 15) is 0 Å². The Morgan fingerprint density at radius 3 is 2.62 bits per heavy atom. The van der Waals surface area contributed by atoms with E-state index < -0.39 is 5.54 Å². The summed E-state index contributed by atoms with van der Waals surface area (Å²) >= 11 is 3.20. The molecule has 0 fully saturated rings. The van der Waals surface area contributed by atoms with Crippen LogP contribution in [0.1, 0.15) is 13.8 Å². The molecule has 1 rings (SSSR count). The van der Waals surface area contributed by atoms with Gasteiger partial charge in [-0.05, 0) is 29.8 Å². The fourth-order valence-electron chi connectivity index (χ4n) is 0.733. The van der Waals surface area contributed by atoms with Crippen LogP contribution >= 0.6 is 15.9 Å². The minimum atomic E-state index is -0.400. The lowest BCUT2D eigenvalue weighted by atomic mass is 10.1. The molecule has 0 spiro atoms. The highest BCUT2D eigenvalue weighted by molar-refractivity contribution is 9.10. The summed E-state index contributed by atoms with van der Waals surface area (Å²) in [5, 5.41) is 3.06. The van der Waals surface area contributed by atoms with Gasteiger partial charge < -0.3 is 5.32 Å². The first-order valence-electron chi connectivity index (χ1n) is 3.77. The lowest BCUT2D eigenvalue weighted by Gasteiger charge is -2.19. The molecule has 0 unspecified atom stereocenters. The fourth-order valence-corrected chi connectivity index (χ4v) is 0.938. The van der Waals surface area contributed by atoms with Crippen molar-refractivity contribution in [1.82, 2.24) is 9.97 Å². The summed E-state index contributed by atoms with van der Waals surface area (Å²) in [5.41, 5.74) is -0.400. The molecule has 0 radical (unpaired) electrons. The third-order valence-corrected chi connectivity index (χ3v) is 1.83. The van der Waals surface area contributed by atoms with Crippen LogP contribution in [0.25, 0.3) is 0 Å². The number of aromatic nitrogens is 2. The molecule has 0 saturated carbocycles. The molecule has 13 heavy (non-hydrogen) atoms. The zero-order chi connectivity index (χ0) is 9.90. The number of halogens is 1.